The van der Waals surface area contributed by atoms with Crippen LogP contribution >= 0.6 is 24.4 Å². The predicted octanol–water partition coefficient (Wildman–Crippen LogP) is 3.50. The Morgan fingerprint density at radius 1 is 0.667 bits per heavy atom. The van der Waals surface area contributed by atoms with Gasteiger partial charge in [-0.15, -0.1) is 0 Å². The SMILES string of the molecule is O=c1c2c(=O)n(-c3ccc(F)cc3)c(=S)n3c2n(c(=S)n1-c1ccc(F)cc1)CC3. The molecular weight excluding hydrogens is 430 g/mol. The highest BCUT2D eigenvalue weighted by Gasteiger charge is 2.25. The quantitative estimate of drug-likeness (QED) is 0.446. The molecule has 10 heteroatoms. The molecule has 1 aliphatic heterocycles. The number of benzene rings is 2. The van der Waals surface area contributed by atoms with Gasteiger partial charge in [0.2, 0.25) is 0 Å². The fraction of sp³-hybridized carbons (Fsp3) is 0.100. The van der Waals surface area contributed by atoms with Crippen molar-refractivity contribution in [2.45, 2.75) is 13.1 Å². The van der Waals surface area contributed by atoms with Crippen LogP contribution in [0.15, 0.2) is 58.1 Å². The maximum atomic E-state index is 13.4. The van der Waals surface area contributed by atoms with Crippen molar-refractivity contribution in [1.29, 1.82) is 0 Å². The molecule has 2 aromatic heterocycles. The normalized spacial score (nSPS) is 12.6. The van der Waals surface area contributed by atoms with Crippen LogP contribution in [-0.4, -0.2) is 18.3 Å². The Balaban J connectivity index is 1.96. The topological polar surface area (TPSA) is 53.9 Å². The minimum atomic E-state index is -0.621. The van der Waals surface area contributed by atoms with Crippen molar-refractivity contribution in [3.63, 3.8) is 0 Å². The summed E-state index contributed by atoms with van der Waals surface area (Å²) in [5.74, 6) is -0.911. The Morgan fingerprint density at radius 2 is 1.03 bits per heavy atom. The standard InChI is InChI=1S/C20H12F2N4O2S2/c21-11-1-5-13(6-2-11)25-17(27)15-16-23(19(25)29)9-10-24(16)20(30)26(18(15)28)14-7-3-12(22)4-8-14/h1-8H,9-10H2. The highest BCUT2D eigenvalue weighted by atomic mass is 32.1. The molecule has 0 aliphatic carbocycles. The third-order valence-electron chi connectivity index (χ3n) is 5.13. The van der Waals surface area contributed by atoms with Crippen LogP contribution in [-0.2, 0) is 13.1 Å². The summed E-state index contributed by atoms with van der Waals surface area (Å²) >= 11 is 11.0. The van der Waals surface area contributed by atoms with Gasteiger partial charge in [-0.1, -0.05) is 0 Å². The van der Waals surface area contributed by atoms with Gasteiger partial charge in [-0.3, -0.25) is 18.7 Å². The van der Waals surface area contributed by atoms with E-state index in [0.29, 0.717) is 30.1 Å². The minimum Gasteiger partial charge on any atom is -0.301 e. The molecule has 0 radical (unpaired) electrons. The van der Waals surface area contributed by atoms with E-state index in [4.69, 9.17) is 24.4 Å². The molecule has 0 spiro atoms. The molecule has 1 aliphatic rings. The molecule has 150 valence electrons. The van der Waals surface area contributed by atoms with Crippen LogP contribution in [0.4, 0.5) is 8.78 Å². The van der Waals surface area contributed by atoms with E-state index in [2.05, 4.69) is 0 Å². The molecule has 0 fully saturated rings. The van der Waals surface area contributed by atoms with Crippen LogP contribution < -0.4 is 11.1 Å². The van der Waals surface area contributed by atoms with Crippen molar-refractivity contribution < 1.29 is 8.78 Å². The molecule has 0 N–H and O–H groups in total. The lowest BCUT2D eigenvalue weighted by Gasteiger charge is -2.14. The zero-order chi connectivity index (χ0) is 21.2. The molecule has 5 rings (SSSR count). The molecule has 3 heterocycles. The summed E-state index contributed by atoms with van der Waals surface area (Å²) in [5.41, 5.74) is -0.179. The summed E-state index contributed by atoms with van der Waals surface area (Å²) in [6.45, 7) is 0.848. The molecule has 6 nitrogen and oxygen atoms in total. The number of halogens is 2. The van der Waals surface area contributed by atoms with Crippen LogP contribution in [0.25, 0.3) is 22.4 Å². The van der Waals surface area contributed by atoms with Gasteiger partial charge in [0.15, 0.2) is 9.54 Å². The van der Waals surface area contributed by atoms with Crippen LogP contribution in [0.3, 0.4) is 0 Å². The molecule has 0 unspecified atom stereocenters. The first-order valence-electron chi connectivity index (χ1n) is 8.96. The lowest BCUT2D eigenvalue weighted by Crippen LogP contribution is -2.32. The van der Waals surface area contributed by atoms with Gasteiger partial charge >= 0.3 is 0 Å². The number of aryl methyl sites for hydroxylation is 2. The molecule has 2 aromatic carbocycles. The van der Waals surface area contributed by atoms with Crippen LogP contribution in [0.5, 0.6) is 0 Å². The summed E-state index contributed by atoms with van der Waals surface area (Å²) in [6, 6.07) is 10.6. The number of nitrogens with zero attached hydrogens (tertiary/aromatic N) is 4. The largest absolute Gasteiger partial charge is 0.301 e. The van der Waals surface area contributed by atoms with Crippen molar-refractivity contribution >= 4 is 35.5 Å². The first-order valence-corrected chi connectivity index (χ1v) is 9.77. The average Bonchev–Trinajstić information content (AvgIpc) is 3.16. The zero-order valence-corrected chi connectivity index (χ0v) is 16.8. The first kappa shape index (κ1) is 18.8. The Hall–Kier alpha value is -3.24. The summed E-state index contributed by atoms with van der Waals surface area (Å²) in [6.07, 6.45) is 0. The Kier molecular flexibility index (Phi) is 4.16. The molecular formula is C20H12F2N4O2S2. The fourth-order valence-corrected chi connectivity index (χ4v) is 4.49. The van der Waals surface area contributed by atoms with Crippen molar-refractivity contribution in [1.82, 2.24) is 18.3 Å². The molecule has 0 atom stereocenters. The number of hydrogen-bond donors (Lipinski definition) is 0. The average molecular weight is 442 g/mol. The summed E-state index contributed by atoms with van der Waals surface area (Å²) in [7, 11) is 0. The van der Waals surface area contributed by atoms with E-state index in [-0.39, 0.29) is 14.9 Å². The molecule has 0 amide bonds. The van der Waals surface area contributed by atoms with E-state index < -0.39 is 22.8 Å². The monoisotopic (exact) mass is 442 g/mol. The summed E-state index contributed by atoms with van der Waals surface area (Å²) in [5, 5.41) is -0.0941. The van der Waals surface area contributed by atoms with Crippen molar-refractivity contribution in [3.8, 4) is 11.4 Å². The third kappa shape index (κ3) is 2.57. The molecule has 30 heavy (non-hydrogen) atoms. The smallest absolute Gasteiger partial charge is 0.274 e. The van der Waals surface area contributed by atoms with E-state index >= 15 is 0 Å². The Morgan fingerprint density at radius 3 is 1.40 bits per heavy atom. The van der Waals surface area contributed by atoms with Gasteiger partial charge in [0, 0.05) is 13.1 Å². The Bertz CT molecular complexity index is 1460. The Labute approximate surface area is 177 Å². The van der Waals surface area contributed by atoms with Crippen LogP contribution in [0.2, 0.25) is 0 Å². The van der Waals surface area contributed by atoms with Gasteiger partial charge in [0.25, 0.3) is 11.1 Å². The molecule has 0 bridgehead atoms. The zero-order valence-electron chi connectivity index (χ0n) is 15.2. The number of aromatic nitrogens is 4. The van der Waals surface area contributed by atoms with E-state index in [1.54, 1.807) is 9.13 Å². The summed E-state index contributed by atoms with van der Waals surface area (Å²) in [4.78, 5) is 26.8. The van der Waals surface area contributed by atoms with Gasteiger partial charge in [0.1, 0.15) is 22.7 Å². The van der Waals surface area contributed by atoms with Gasteiger partial charge in [0.05, 0.1) is 11.4 Å². The highest BCUT2D eigenvalue weighted by molar-refractivity contribution is 7.71. The lowest BCUT2D eigenvalue weighted by molar-refractivity contribution is 0.625. The molecule has 4 aromatic rings. The van der Waals surface area contributed by atoms with E-state index in [0.717, 1.165) is 0 Å². The second-order valence-electron chi connectivity index (χ2n) is 6.80. The van der Waals surface area contributed by atoms with Gasteiger partial charge < -0.3 is 9.13 Å². The van der Waals surface area contributed by atoms with Crippen molar-refractivity contribution in [2.75, 3.05) is 0 Å². The van der Waals surface area contributed by atoms with Gasteiger partial charge in [-0.05, 0) is 73.0 Å². The third-order valence-corrected chi connectivity index (χ3v) is 5.94. The maximum absolute atomic E-state index is 13.4. The highest BCUT2D eigenvalue weighted by Crippen LogP contribution is 2.20. The lowest BCUT2D eigenvalue weighted by atomic mass is 10.3. The van der Waals surface area contributed by atoms with Crippen LogP contribution in [0.1, 0.15) is 0 Å². The van der Waals surface area contributed by atoms with Crippen molar-refractivity contribution in [3.05, 3.63) is 90.4 Å². The van der Waals surface area contributed by atoms with E-state index in [1.165, 1.54) is 57.7 Å². The second kappa shape index (κ2) is 6.64. The van der Waals surface area contributed by atoms with Crippen LogP contribution in [0, 0.1) is 21.2 Å². The summed E-state index contributed by atoms with van der Waals surface area (Å²) < 4.78 is 32.9. The predicted molar refractivity (Wildman–Crippen MR) is 113 cm³/mol. The minimum absolute atomic E-state index is 0.0941. The molecule has 0 saturated carbocycles. The maximum Gasteiger partial charge on any atom is 0.274 e. The van der Waals surface area contributed by atoms with Gasteiger partial charge in [-0.2, -0.15) is 0 Å². The molecule has 0 saturated heterocycles. The number of hydrogen-bond acceptors (Lipinski definition) is 4. The van der Waals surface area contributed by atoms with Gasteiger partial charge in [-0.25, -0.2) is 8.78 Å². The first-order chi connectivity index (χ1) is 14.4. The fourth-order valence-electron chi connectivity index (χ4n) is 3.76. The second-order valence-corrected chi connectivity index (χ2v) is 7.53. The van der Waals surface area contributed by atoms with Crippen molar-refractivity contribution in [2.24, 2.45) is 0 Å². The van der Waals surface area contributed by atoms with E-state index in [9.17, 15) is 18.4 Å². The number of rotatable bonds is 2. The van der Waals surface area contributed by atoms with E-state index in [1.807, 2.05) is 0 Å².